The molecule has 0 aromatic heterocycles. The molecular weight excluding hydrogens is 192 g/mol. The van der Waals surface area contributed by atoms with Gasteiger partial charge in [0.1, 0.15) is 5.75 Å². The second-order valence-electron chi connectivity index (χ2n) is 3.83. The fourth-order valence-corrected chi connectivity index (χ4v) is 1.32. The zero-order chi connectivity index (χ0) is 11.5. The molecule has 1 rings (SSSR count). The van der Waals surface area contributed by atoms with Crippen molar-refractivity contribution >= 4 is 5.91 Å². The number of nitrogens with one attached hydrogen (secondary N) is 1. The molecule has 0 saturated heterocycles. The first-order valence-electron chi connectivity index (χ1n) is 4.68. The van der Waals surface area contributed by atoms with Gasteiger partial charge in [0.05, 0.1) is 12.5 Å². The molecule has 3 N–H and O–H groups in total. The van der Waals surface area contributed by atoms with Gasteiger partial charge in [-0.15, -0.1) is 0 Å². The van der Waals surface area contributed by atoms with Gasteiger partial charge in [-0.3, -0.25) is 10.2 Å². The van der Waals surface area contributed by atoms with E-state index in [1.165, 1.54) is 0 Å². The van der Waals surface area contributed by atoms with Crippen molar-refractivity contribution in [3.63, 3.8) is 0 Å². The van der Waals surface area contributed by atoms with E-state index in [-0.39, 0.29) is 5.91 Å². The first kappa shape index (κ1) is 11.5. The normalized spacial score (nSPS) is 10.9. The van der Waals surface area contributed by atoms with Crippen LogP contribution in [0.3, 0.4) is 0 Å². The highest BCUT2D eigenvalue weighted by molar-refractivity contribution is 5.86. The van der Waals surface area contributed by atoms with Crippen molar-refractivity contribution in [1.82, 2.24) is 5.43 Å². The van der Waals surface area contributed by atoms with Crippen LogP contribution in [0.1, 0.15) is 19.4 Å². The molecule has 0 radical (unpaired) electrons. The maximum absolute atomic E-state index is 11.6. The van der Waals surface area contributed by atoms with E-state index in [2.05, 4.69) is 5.43 Å². The molecule has 1 aromatic carbocycles. The Labute approximate surface area is 89.4 Å². The fourth-order valence-electron chi connectivity index (χ4n) is 1.32. The van der Waals surface area contributed by atoms with Gasteiger partial charge in [0.15, 0.2) is 0 Å². The maximum atomic E-state index is 11.6. The fraction of sp³-hybridized carbons (Fsp3) is 0.364. The largest absolute Gasteiger partial charge is 0.497 e. The highest BCUT2D eigenvalue weighted by Gasteiger charge is 2.29. The van der Waals surface area contributed by atoms with Crippen LogP contribution in [-0.2, 0) is 10.2 Å². The van der Waals surface area contributed by atoms with Gasteiger partial charge in [0, 0.05) is 0 Å². The first-order valence-corrected chi connectivity index (χ1v) is 4.68. The topological polar surface area (TPSA) is 64.3 Å². The van der Waals surface area contributed by atoms with Crippen LogP contribution < -0.4 is 16.0 Å². The van der Waals surface area contributed by atoms with Gasteiger partial charge in [-0.2, -0.15) is 0 Å². The lowest BCUT2D eigenvalue weighted by molar-refractivity contribution is -0.125. The second kappa shape index (κ2) is 4.31. The van der Waals surface area contributed by atoms with Crippen LogP contribution in [0, 0.1) is 0 Å². The predicted octanol–water partition coefficient (Wildman–Crippen LogP) is 0.963. The highest BCUT2D eigenvalue weighted by atomic mass is 16.5. The highest BCUT2D eigenvalue weighted by Crippen LogP contribution is 2.26. The molecule has 0 unspecified atom stereocenters. The molecule has 0 heterocycles. The van der Waals surface area contributed by atoms with Gasteiger partial charge in [0.25, 0.3) is 0 Å². The van der Waals surface area contributed by atoms with Crippen LogP contribution in [0.15, 0.2) is 24.3 Å². The zero-order valence-electron chi connectivity index (χ0n) is 9.20. The average Bonchev–Trinajstić information content (AvgIpc) is 2.27. The van der Waals surface area contributed by atoms with E-state index in [0.717, 1.165) is 11.3 Å². The summed E-state index contributed by atoms with van der Waals surface area (Å²) < 4.78 is 5.10. The van der Waals surface area contributed by atoms with Crippen LogP contribution in [0.25, 0.3) is 0 Å². The summed E-state index contributed by atoms with van der Waals surface area (Å²) in [4.78, 5) is 11.6. The van der Waals surface area contributed by atoms with Crippen molar-refractivity contribution in [2.45, 2.75) is 19.3 Å². The Morgan fingerprint density at radius 1 is 1.47 bits per heavy atom. The lowest BCUT2D eigenvalue weighted by Crippen LogP contribution is -2.43. The number of carbonyl (C=O) groups is 1. The van der Waals surface area contributed by atoms with E-state index >= 15 is 0 Å². The third-order valence-electron chi connectivity index (χ3n) is 2.49. The van der Waals surface area contributed by atoms with Crippen LogP contribution in [0.4, 0.5) is 0 Å². The Hall–Kier alpha value is -1.55. The molecule has 0 saturated carbocycles. The lowest BCUT2D eigenvalue weighted by atomic mass is 9.84. The van der Waals surface area contributed by atoms with Crippen molar-refractivity contribution in [2.75, 3.05) is 7.11 Å². The number of methoxy groups -OCH3 is 1. The number of nitrogens with two attached hydrogens (primary N) is 1. The van der Waals surface area contributed by atoms with Crippen LogP contribution >= 0.6 is 0 Å². The minimum atomic E-state index is -0.663. The lowest BCUT2D eigenvalue weighted by Gasteiger charge is -2.23. The summed E-state index contributed by atoms with van der Waals surface area (Å²) in [6.45, 7) is 3.62. The number of hydrogen-bond donors (Lipinski definition) is 2. The number of hydrogen-bond acceptors (Lipinski definition) is 3. The molecule has 0 spiro atoms. The van der Waals surface area contributed by atoms with Crippen LogP contribution in [-0.4, -0.2) is 13.0 Å². The SMILES string of the molecule is COc1cccc(C(C)(C)C(=O)NN)c1. The van der Waals surface area contributed by atoms with Crippen LogP contribution in [0.5, 0.6) is 5.75 Å². The maximum Gasteiger partial charge on any atom is 0.243 e. The van der Waals surface area contributed by atoms with E-state index in [1.54, 1.807) is 7.11 Å². The monoisotopic (exact) mass is 208 g/mol. The molecule has 4 heteroatoms. The van der Waals surface area contributed by atoms with Gasteiger partial charge in [0.2, 0.25) is 5.91 Å². The number of ether oxygens (including phenoxy) is 1. The number of hydrazine groups is 1. The van der Waals surface area contributed by atoms with Gasteiger partial charge in [-0.05, 0) is 31.5 Å². The number of benzene rings is 1. The van der Waals surface area contributed by atoms with Gasteiger partial charge < -0.3 is 4.74 Å². The van der Waals surface area contributed by atoms with Gasteiger partial charge >= 0.3 is 0 Å². The van der Waals surface area contributed by atoms with Gasteiger partial charge in [-0.25, -0.2) is 5.84 Å². The second-order valence-corrected chi connectivity index (χ2v) is 3.83. The third-order valence-corrected chi connectivity index (χ3v) is 2.49. The Balaban J connectivity index is 3.09. The Morgan fingerprint density at radius 3 is 2.67 bits per heavy atom. The summed E-state index contributed by atoms with van der Waals surface area (Å²) in [7, 11) is 1.59. The summed E-state index contributed by atoms with van der Waals surface area (Å²) in [5, 5.41) is 0. The van der Waals surface area contributed by atoms with E-state index in [4.69, 9.17) is 10.6 Å². The van der Waals surface area contributed by atoms with Crippen molar-refractivity contribution in [1.29, 1.82) is 0 Å². The molecule has 0 aliphatic carbocycles. The summed E-state index contributed by atoms with van der Waals surface area (Å²) in [6, 6.07) is 7.38. The van der Waals surface area contributed by atoms with Crippen molar-refractivity contribution in [2.24, 2.45) is 5.84 Å². The molecule has 0 atom stereocenters. The average molecular weight is 208 g/mol. The number of carbonyl (C=O) groups excluding carboxylic acids is 1. The van der Waals surface area contributed by atoms with Gasteiger partial charge in [-0.1, -0.05) is 12.1 Å². The Kier molecular flexibility index (Phi) is 3.31. The van der Waals surface area contributed by atoms with Crippen molar-refractivity contribution < 1.29 is 9.53 Å². The molecule has 82 valence electrons. The zero-order valence-corrected chi connectivity index (χ0v) is 9.20. The Bertz CT molecular complexity index is 361. The van der Waals surface area contributed by atoms with E-state index in [1.807, 2.05) is 38.1 Å². The number of rotatable bonds is 3. The molecule has 15 heavy (non-hydrogen) atoms. The smallest absolute Gasteiger partial charge is 0.243 e. The molecule has 0 aliphatic rings. The molecule has 1 amide bonds. The third kappa shape index (κ3) is 2.27. The first-order chi connectivity index (χ1) is 7.02. The molecule has 1 aromatic rings. The molecular formula is C11H16N2O2. The standard InChI is InChI=1S/C11H16N2O2/c1-11(2,10(14)13-12)8-5-4-6-9(7-8)15-3/h4-7H,12H2,1-3H3,(H,13,14). The van der Waals surface area contributed by atoms with Crippen molar-refractivity contribution in [3.05, 3.63) is 29.8 Å². The summed E-state index contributed by atoms with van der Waals surface area (Å²) >= 11 is 0. The Morgan fingerprint density at radius 2 is 2.13 bits per heavy atom. The molecule has 0 aliphatic heterocycles. The minimum Gasteiger partial charge on any atom is -0.497 e. The summed E-state index contributed by atoms with van der Waals surface area (Å²) in [6.07, 6.45) is 0. The summed E-state index contributed by atoms with van der Waals surface area (Å²) in [5.74, 6) is 5.64. The summed E-state index contributed by atoms with van der Waals surface area (Å²) in [5.41, 5.74) is 2.36. The van der Waals surface area contributed by atoms with E-state index in [9.17, 15) is 4.79 Å². The van der Waals surface area contributed by atoms with E-state index in [0.29, 0.717) is 0 Å². The number of amides is 1. The van der Waals surface area contributed by atoms with Crippen molar-refractivity contribution in [3.8, 4) is 5.75 Å². The minimum absolute atomic E-state index is 0.226. The molecule has 0 fully saturated rings. The van der Waals surface area contributed by atoms with Crippen LogP contribution in [0.2, 0.25) is 0 Å². The quantitative estimate of drug-likeness (QED) is 0.442. The predicted molar refractivity (Wildman–Crippen MR) is 58.4 cm³/mol. The molecule has 4 nitrogen and oxygen atoms in total. The molecule has 0 bridgehead atoms. The van der Waals surface area contributed by atoms with E-state index < -0.39 is 5.41 Å².